The number of amides is 1. The van der Waals surface area contributed by atoms with Gasteiger partial charge in [-0.05, 0) is 78.9 Å². The highest BCUT2D eigenvalue weighted by Crippen LogP contribution is 2.25. The first-order valence-corrected chi connectivity index (χ1v) is 10.5. The van der Waals surface area contributed by atoms with Gasteiger partial charge in [-0.15, -0.1) is 0 Å². The maximum Gasteiger partial charge on any atom is 0.412 e. The maximum absolute atomic E-state index is 12.2. The fourth-order valence-electron chi connectivity index (χ4n) is 3.40. The number of aryl methyl sites for hydroxylation is 3. The molecule has 4 nitrogen and oxygen atoms in total. The fourth-order valence-corrected chi connectivity index (χ4v) is 4.11. The van der Waals surface area contributed by atoms with Gasteiger partial charge in [-0.25, -0.2) is 4.79 Å². The van der Waals surface area contributed by atoms with E-state index in [2.05, 4.69) is 39.7 Å². The van der Waals surface area contributed by atoms with E-state index in [4.69, 9.17) is 4.74 Å². The Morgan fingerprint density at radius 3 is 2.72 bits per heavy atom. The van der Waals surface area contributed by atoms with Gasteiger partial charge in [-0.1, -0.05) is 42.3 Å². The summed E-state index contributed by atoms with van der Waals surface area (Å²) in [5, 5.41) is 2.80. The summed E-state index contributed by atoms with van der Waals surface area (Å²) < 4.78 is 9.65. The summed E-state index contributed by atoms with van der Waals surface area (Å²) in [6, 6.07) is 16.0. The van der Waals surface area contributed by atoms with E-state index < -0.39 is 6.09 Å². The Hall–Kier alpha value is -3.10. The highest BCUT2D eigenvalue weighted by molar-refractivity contribution is 7.07. The largest absolute Gasteiger partial charge is 0.444 e. The number of ether oxygens (including phenoxy) is 1. The van der Waals surface area contributed by atoms with Crippen LogP contribution in [0.1, 0.15) is 45.7 Å². The van der Waals surface area contributed by atoms with Crippen molar-refractivity contribution in [2.75, 3.05) is 5.32 Å². The number of rotatable bonds is 3. The van der Waals surface area contributed by atoms with Crippen LogP contribution in [-0.2, 0) is 24.2 Å². The average molecular weight is 403 g/mol. The second-order valence-electron chi connectivity index (χ2n) is 7.10. The van der Waals surface area contributed by atoms with Crippen molar-refractivity contribution in [3.63, 3.8) is 0 Å². The van der Waals surface area contributed by atoms with E-state index in [0.29, 0.717) is 5.69 Å². The molecule has 0 spiro atoms. The quantitative estimate of drug-likeness (QED) is 0.590. The lowest BCUT2D eigenvalue weighted by Crippen LogP contribution is -2.14. The van der Waals surface area contributed by atoms with Crippen molar-refractivity contribution in [1.82, 2.24) is 4.37 Å². The van der Waals surface area contributed by atoms with Crippen LogP contribution in [0.15, 0.2) is 48.5 Å². The summed E-state index contributed by atoms with van der Waals surface area (Å²) in [5.41, 5.74) is 6.15. The first-order chi connectivity index (χ1) is 14.2. The van der Waals surface area contributed by atoms with Gasteiger partial charge >= 0.3 is 6.09 Å². The fraction of sp³-hybridized carbons (Fsp3) is 0.250. The van der Waals surface area contributed by atoms with Crippen molar-refractivity contribution in [3.8, 4) is 11.8 Å². The Morgan fingerprint density at radius 1 is 1.10 bits per heavy atom. The van der Waals surface area contributed by atoms with Crippen molar-refractivity contribution in [2.45, 2.75) is 39.2 Å². The minimum atomic E-state index is -0.506. The zero-order valence-corrected chi connectivity index (χ0v) is 17.1. The number of fused-ring (bicyclic) bond motifs is 1. The van der Waals surface area contributed by atoms with Crippen LogP contribution < -0.4 is 5.32 Å². The van der Waals surface area contributed by atoms with Gasteiger partial charge in [0, 0.05) is 5.56 Å². The molecule has 1 N–H and O–H groups in total. The molecule has 0 fully saturated rings. The van der Waals surface area contributed by atoms with Crippen molar-refractivity contribution in [1.29, 1.82) is 0 Å². The second kappa shape index (κ2) is 8.93. The molecule has 4 rings (SSSR count). The molecule has 0 unspecified atom stereocenters. The van der Waals surface area contributed by atoms with Crippen LogP contribution in [0.4, 0.5) is 10.5 Å². The monoisotopic (exact) mass is 402 g/mol. The smallest absolute Gasteiger partial charge is 0.412 e. The minimum absolute atomic E-state index is 0.222. The summed E-state index contributed by atoms with van der Waals surface area (Å²) in [7, 11) is 0. The topological polar surface area (TPSA) is 51.2 Å². The molecule has 0 bridgehead atoms. The van der Waals surface area contributed by atoms with Gasteiger partial charge in [0.15, 0.2) is 0 Å². The molecule has 1 aliphatic carbocycles. The molecule has 1 heterocycles. The van der Waals surface area contributed by atoms with Gasteiger partial charge in [0.1, 0.15) is 11.5 Å². The molecule has 0 radical (unpaired) electrons. The van der Waals surface area contributed by atoms with Crippen LogP contribution in [-0.4, -0.2) is 10.5 Å². The predicted molar refractivity (Wildman–Crippen MR) is 116 cm³/mol. The van der Waals surface area contributed by atoms with Gasteiger partial charge in [0.2, 0.25) is 0 Å². The van der Waals surface area contributed by atoms with Gasteiger partial charge < -0.3 is 4.74 Å². The van der Waals surface area contributed by atoms with Crippen molar-refractivity contribution in [2.24, 2.45) is 0 Å². The molecule has 0 saturated carbocycles. The van der Waals surface area contributed by atoms with Crippen LogP contribution in [0, 0.1) is 18.8 Å². The number of nitrogens with one attached hydrogen (secondary N) is 1. The van der Waals surface area contributed by atoms with Crippen molar-refractivity contribution in [3.05, 3.63) is 81.4 Å². The number of nitrogens with zero attached hydrogens (tertiary/aromatic N) is 1. The van der Waals surface area contributed by atoms with E-state index in [1.165, 1.54) is 35.5 Å². The average Bonchev–Trinajstić information content (AvgIpc) is 3.10. The molecule has 1 aromatic heterocycles. The summed E-state index contributed by atoms with van der Waals surface area (Å²) >= 11 is 1.29. The van der Waals surface area contributed by atoms with Crippen molar-refractivity contribution < 1.29 is 9.53 Å². The lowest BCUT2D eigenvalue weighted by molar-refractivity contribution is 0.155. The Kier molecular flexibility index (Phi) is 5.92. The normalized spacial score (nSPS) is 12.4. The highest BCUT2D eigenvalue weighted by Gasteiger charge is 2.13. The molecular formula is C24H22N2O2S. The molecule has 5 heteroatoms. The molecule has 2 aromatic carbocycles. The molecule has 0 atom stereocenters. The van der Waals surface area contributed by atoms with E-state index in [-0.39, 0.29) is 6.61 Å². The molecule has 0 saturated heterocycles. The zero-order chi connectivity index (χ0) is 20.1. The molecular weight excluding hydrogens is 380 g/mol. The number of benzene rings is 2. The third-order valence-electron chi connectivity index (χ3n) is 4.97. The Morgan fingerprint density at radius 2 is 1.90 bits per heavy atom. The number of hydrogen-bond donors (Lipinski definition) is 1. The Bertz CT molecular complexity index is 1080. The van der Waals surface area contributed by atoms with Crippen LogP contribution >= 0.6 is 11.5 Å². The first-order valence-electron chi connectivity index (χ1n) is 9.77. The zero-order valence-electron chi connectivity index (χ0n) is 16.3. The van der Waals surface area contributed by atoms with E-state index in [1.807, 2.05) is 37.3 Å². The maximum atomic E-state index is 12.2. The first kappa shape index (κ1) is 19.2. The number of anilines is 1. The molecule has 3 aromatic rings. The Labute approximate surface area is 175 Å². The number of hydrogen-bond acceptors (Lipinski definition) is 4. The molecule has 146 valence electrons. The van der Waals surface area contributed by atoms with Crippen LogP contribution in [0.2, 0.25) is 0 Å². The van der Waals surface area contributed by atoms with E-state index in [9.17, 15) is 4.79 Å². The van der Waals surface area contributed by atoms with Crippen LogP contribution in [0.25, 0.3) is 0 Å². The van der Waals surface area contributed by atoms with Crippen LogP contribution in [0.3, 0.4) is 0 Å². The standard InChI is InChI=1S/C24H22N2O2S/c1-17-23(25-24(27)28-16-19-7-3-2-4-8-19)22(29-26-17)14-12-18-11-13-20-9-5-6-10-21(20)15-18/h2-4,7-8,11,13,15H,5-6,9-10,16H2,1H3,(H,25,27). The second-order valence-corrected chi connectivity index (χ2v) is 7.87. The molecule has 0 aliphatic heterocycles. The highest BCUT2D eigenvalue weighted by atomic mass is 32.1. The van der Waals surface area contributed by atoms with Gasteiger partial charge in [-0.2, -0.15) is 4.37 Å². The van der Waals surface area contributed by atoms with Gasteiger partial charge in [0.25, 0.3) is 0 Å². The lowest BCUT2D eigenvalue weighted by atomic mass is 9.90. The number of carbonyl (C=O) groups is 1. The summed E-state index contributed by atoms with van der Waals surface area (Å²) in [6.07, 6.45) is 4.31. The van der Waals surface area contributed by atoms with E-state index in [1.54, 1.807) is 0 Å². The van der Waals surface area contributed by atoms with E-state index in [0.717, 1.165) is 34.5 Å². The van der Waals surface area contributed by atoms with E-state index >= 15 is 0 Å². The van der Waals surface area contributed by atoms with Gasteiger partial charge in [0.05, 0.1) is 11.4 Å². The Balaban J connectivity index is 1.45. The minimum Gasteiger partial charge on any atom is -0.444 e. The third kappa shape index (κ3) is 4.85. The SMILES string of the molecule is Cc1nsc(C#Cc2ccc3c(c2)CCCC3)c1NC(=O)OCc1ccccc1. The van der Waals surface area contributed by atoms with Crippen molar-refractivity contribution >= 4 is 23.3 Å². The number of aromatic nitrogens is 1. The lowest BCUT2D eigenvalue weighted by Gasteiger charge is -2.15. The third-order valence-corrected chi connectivity index (χ3v) is 5.83. The molecule has 1 amide bonds. The summed E-state index contributed by atoms with van der Waals surface area (Å²) in [4.78, 5) is 13.0. The number of carbonyl (C=O) groups excluding carboxylic acids is 1. The van der Waals surface area contributed by atoms with Crippen LogP contribution in [0.5, 0.6) is 0 Å². The molecule has 1 aliphatic rings. The summed E-state index contributed by atoms with van der Waals surface area (Å²) in [5.74, 6) is 6.40. The summed E-state index contributed by atoms with van der Waals surface area (Å²) in [6.45, 7) is 2.08. The predicted octanol–water partition coefficient (Wildman–Crippen LogP) is 5.48. The molecule has 29 heavy (non-hydrogen) atoms. The van der Waals surface area contributed by atoms with Gasteiger partial charge in [-0.3, -0.25) is 5.32 Å².